The van der Waals surface area contributed by atoms with Crippen LogP contribution in [-0.2, 0) is 0 Å². The van der Waals surface area contributed by atoms with Crippen molar-refractivity contribution in [2.45, 2.75) is 19.8 Å². The molecule has 100 valence electrons. The van der Waals surface area contributed by atoms with Gasteiger partial charge in [-0.3, -0.25) is 9.89 Å². The molecule has 5 nitrogen and oxygen atoms in total. The predicted molar refractivity (Wildman–Crippen MR) is 76.5 cm³/mol. The molecule has 2 aromatic rings. The largest absolute Gasteiger partial charge is 0.397 e. The zero-order valence-corrected chi connectivity index (χ0v) is 11.5. The third kappa shape index (κ3) is 2.88. The van der Waals surface area contributed by atoms with Crippen molar-refractivity contribution in [3.8, 4) is 0 Å². The van der Waals surface area contributed by atoms with Gasteiger partial charge in [-0.1, -0.05) is 31.5 Å². The first kappa shape index (κ1) is 13.4. The Morgan fingerprint density at radius 2 is 2.21 bits per heavy atom. The van der Waals surface area contributed by atoms with Gasteiger partial charge in [0.1, 0.15) is 0 Å². The van der Waals surface area contributed by atoms with Gasteiger partial charge in [-0.2, -0.15) is 5.10 Å². The second kappa shape index (κ2) is 5.32. The molecule has 4 N–H and O–H groups in total. The maximum atomic E-state index is 12.1. The normalized spacial score (nSPS) is 10.7. The van der Waals surface area contributed by atoms with Crippen LogP contribution in [0.25, 0.3) is 0 Å². The maximum Gasteiger partial charge on any atom is 0.259 e. The topological polar surface area (TPSA) is 83.8 Å². The van der Waals surface area contributed by atoms with Crippen molar-refractivity contribution in [1.29, 1.82) is 0 Å². The van der Waals surface area contributed by atoms with Crippen molar-refractivity contribution < 1.29 is 4.79 Å². The van der Waals surface area contributed by atoms with Gasteiger partial charge in [0.15, 0.2) is 5.82 Å². The number of aromatic nitrogens is 2. The molecule has 19 heavy (non-hydrogen) atoms. The number of nitrogens with two attached hydrogens (primary N) is 1. The SMILES string of the molecule is CC(C)c1cc(NC(=O)c2cccc(Cl)c2N)n[nH]1. The fourth-order valence-corrected chi connectivity index (χ4v) is 1.79. The molecule has 0 unspecified atom stereocenters. The molecule has 0 radical (unpaired) electrons. The summed E-state index contributed by atoms with van der Waals surface area (Å²) in [5.74, 6) is 0.448. The summed E-state index contributed by atoms with van der Waals surface area (Å²) in [6, 6.07) is 6.73. The molecule has 0 saturated carbocycles. The first-order valence-corrected chi connectivity index (χ1v) is 6.27. The van der Waals surface area contributed by atoms with E-state index < -0.39 is 0 Å². The Labute approximate surface area is 116 Å². The van der Waals surface area contributed by atoms with Crippen molar-refractivity contribution in [2.24, 2.45) is 0 Å². The number of nitrogens with zero attached hydrogens (tertiary/aromatic N) is 1. The lowest BCUT2D eigenvalue weighted by Gasteiger charge is -2.06. The minimum absolute atomic E-state index is 0.265. The van der Waals surface area contributed by atoms with Crippen LogP contribution in [0.5, 0.6) is 0 Å². The molecule has 6 heteroatoms. The molecule has 1 aromatic carbocycles. The van der Waals surface area contributed by atoms with Crippen LogP contribution in [0.15, 0.2) is 24.3 Å². The van der Waals surface area contributed by atoms with Gasteiger partial charge >= 0.3 is 0 Å². The minimum atomic E-state index is -0.332. The van der Waals surface area contributed by atoms with Gasteiger partial charge in [0.2, 0.25) is 0 Å². The number of hydrogen-bond donors (Lipinski definition) is 3. The van der Waals surface area contributed by atoms with E-state index in [1.807, 2.05) is 13.8 Å². The first-order chi connectivity index (χ1) is 8.99. The lowest BCUT2D eigenvalue weighted by atomic mass is 10.1. The highest BCUT2D eigenvalue weighted by molar-refractivity contribution is 6.34. The molecular weight excluding hydrogens is 264 g/mol. The van der Waals surface area contributed by atoms with Crippen molar-refractivity contribution in [1.82, 2.24) is 10.2 Å². The Bertz CT molecular complexity index is 606. The molecule has 0 saturated heterocycles. The average Bonchev–Trinajstić information content (AvgIpc) is 2.81. The summed E-state index contributed by atoms with van der Waals surface area (Å²) in [6.07, 6.45) is 0. The summed E-state index contributed by atoms with van der Waals surface area (Å²) in [6.45, 7) is 4.07. The molecular formula is C13H15ClN4O. The van der Waals surface area contributed by atoms with E-state index in [0.29, 0.717) is 22.3 Å². The maximum absolute atomic E-state index is 12.1. The molecule has 0 aliphatic rings. The zero-order valence-electron chi connectivity index (χ0n) is 10.7. The Morgan fingerprint density at radius 3 is 2.84 bits per heavy atom. The quantitative estimate of drug-likeness (QED) is 0.755. The highest BCUT2D eigenvalue weighted by atomic mass is 35.5. The zero-order chi connectivity index (χ0) is 14.0. The van der Waals surface area contributed by atoms with Gasteiger partial charge in [0.05, 0.1) is 16.3 Å². The Kier molecular flexibility index (Phi) is 3.76. The molecule has 0 aliphatic carbocycles. The van der Waals surface area contributed by atoms with Crippen LogP contribution >= 0.6 is 11.6 Å². The smallest absolute Gasteiger partial charge is 0.259 e. The summed E-state index contributed by atoms with van der Waals surface area (Å²) in [5.41, 5.74) is 7.32. The summed E-state index contributed by atoms with van der Waals surface area (Å²) < 4.78 is 0. The number of carbonyl (C=O) groups excluding carboxylic acids is 1. The standard InChI is InChI=1S/C13H15ClN4O/c1-7(2)10-6-11(18-17-10)16-13(19)8-4-3-5-9(14)12(8)15/h3-7H,15H2,1-2H3,(H2,16,17,18,19). The van der Waals surface area contributed by atoms with Crippen LogP contribution in [0.1, 0.15) is 35.8 Å². The third-order valence-corrected chi connectivity index (χ3v) is 3.09. The van der Waals surface area contributed by atoms with E-state index in [0.717, 1.165) is 5.69 Å². The van der Waals surface area contributed by atoms with Gasteiger partial charge in [-0.15, -0.1) is 0 Å². The van der Waals surface area contributed by atoms with Crippen LogP contribution < -0.4 is 11.1 Å². The number of carbonyl (C=O) groups is 1. The average molecular weight is 279 g/mol. The summed E-state index contributed by atoms with van der Waals surface area (Å²) in [4.78, 5) is 12.1. The number of amides is 1. The highest BCUT2D eigenvalue weighted by Crippen LogP contribution is 2.23. The van der Waals surface area contributed by atoms with E-state index in [1.165, 1.54) is 0 Å². The van der Waals surface area contributed by atoms with Crippen LogP contribution in [0.4, 0.5) is 11.5 Å². The Hall–Kier alpha value is -2.01. The second-order valence-electron chi connectivity index (χ2n) is 4.52. The predicted octanol–water partition coefficient (Wildman–Crippen LogP) is 3.02. The number of rotatable bonds is 3. The Balaban J connectivity index is 2.18. The summed E-state index contributed by atoms with van der Waals surface area (Å²) in [5, 5.41) is 9.93. The van der Waals surface area contributed by atoms with Gasteiger partial charge in [-0.05, 0) is 18.1 Å². The molecule has 1 heterocycles. The van der Waals surface area contributed by atoms with Crippen molar-refractivity contribution in [3.63, 3.8) is 0 Å². The minimum Gasteiger partial charge on any atom is -0.397 e. The number of halogens is 1. The molecule has 1 aromatic heterocycles. The summed E-state index contributed by atoms with van der Waals surface area (Å²) >= 11 is 5.88. The van der Waals surface area contributed by atoms with Gasteiger partial charge < -0.3 is 11.1 Å². The number of hydrogen-bond acceptors (Lipinski definition) is 3. The van der Waals surface area contributed by atoms with Gasteiger partial charge in [0.25, 0.3) is 5.91 Å². The van der Waals surface area contributed by atoms with Crippen LogP contribution in [0.3, 0.4) is 0 Å². The van der Waals surface area contributed by atoms with Crippen LogP contribution in [0.2, 0.25) is 5.02 Å². The van der Waals surface area contributed by atoms with Crippen LogP contribution in [0, 0.1) is 0 Å². The van der Waals surface area contributed by atoms with Crippen molar-refractivity contribution in [2.75, 3.05) is 11.1 Å². The van der Waals surface area contributed by atoms with E-state index in [9.17, 15) is 4.79 Å². The number of H-pyrrole nitrogens is 1. The van der Waals surface area contributed by atoms with E-state index in [1.54, 1.807) is 24.3 Å². The monoisotopic (exact) mass is 278 g/mol. The molecule has 0 atom stereocenters. The van der Waals surface area contributed by atoms with Crippen molar-refractivity contribution in [3.05, 3.63) is 40.5 Å². The summed E-state index contributed by atoms with van der Waals surface area (Å²) in [7, 11) is 0. The molecule has 0 fully saturated rings. The Morgan fingerprint density at radius 1 is 1.47 bits per heavy atom. The first-order valence-electron chi connectivity index (χ1n) is 5.89. The van der Waals surface area contributed by atoms with Gasteiger partial charge in [-0.25, -0.2) is 0 Å². The van der Waals surface area contributed by atoms with E-state index in [2.05, 4.69) is 15.5 Å². The molecule has 0 aliphatic heterocycles. The fourth-order valence-electron chi connectivity index (χ4n) is 1.62. The lowest BCUT2D eigenvalue weighted by Crippen LogP contribution is -2.14. The van der Waals surface area contributed by atoms with E-state index in [-0.39, 0.29) is 11.6 Å². The number of nitrogen functional groups attached to an aromatic ring is 1. The van der Waals surface area contributed by atoms with E-state index >= 15 is 0 Å². The lowest BCUT2D eigenvalue weighted by molar-refractivity contribution is 0.102. The fraction of sp³-hybridized carbons (Fsp3) is 0.231. The van der Waals surface area contributed by atoms with E-state index in [4.69, 9.17) is 17.3 Å². The van der Waals surface area contributed by atoms with Gasteiger partial charge in [0, 0.05) is 11.8 Å². The number of anilines is 2. The second-order valence-corrected chi connectivity index (χ2v) is 4.93. The molecule has 2 rings (SSSR count). The third-order valence-electron chi connectivity index (χ3n) is 2.76. The number of nitrogens with one attached hydrogen (secondary N) is 2. The molecule has 0 bridgehead atoms. The number of benzene rings is 1. The molecule has 0 spiro atoms. The van der Waals surface area contributed by atoms with Crippen LogP contribution in [-0.4, -0.2) is 16.1 Å². The number of para-hydroxylation sites is 1. The molecule has 1 amide bonds. The van der Waals surface area contributed by atoms with Crippen molar-refractivity contribution >= 4 is 29.0 Å². The highest BCUT2D eigenvalue weighted by Gasteiger charge is 2.13. The number of aromatic amines is 1.